The average molecular weight is 671 g/mol. The second-order valence-electron chi connectivity index (χ2n) is 12.2. The minimum atomic E-state index is -0.653. The van der Waals surface area contributed by atoms with Gasteiger partial charge in [0, 0.05) is 6.42 Å². The number of carbonyl (C=O) groups is 5. The van der Waals surface area contributed by atoms with E-state index in [9.17, 15) is 24.0 Å². The van der Waals surface area contributed by atoms with Gasteiger partial charge in [-0.1, -0.05) is 91.9 Å². The Morgan fingerprint density at radius 1 is 0.511 bits per heavy atom. The maximum absolute atomic E-state index is 13.0. The van der Waals surface area contributed by atoms with E-state index in [1.54, 1.807) is 6.92 Å². The number of ether oxygens (including phenoxy) is 5. The largest absolute Gasteiger partial charge is 0.465 e. The third-order valence-electron chi connectivity index (χ3n) is 8.00. The zero-order valence-corrected chi connectivity index (χ0v) is 29.6. The van der Waals surface area contributed by atoms with Crippen molar-refractivity contribution in [3.05, 3.63) is 0 Å². The quantitative estimate of drug-likeness (QED) is 0.0580. The second-order valence-corrected chi connectivity index (χ2v) is 12.2. The molecule has 0 aromatic heterocycles. The van der Waals surface area contributed by atoms with Crippen molar-refractivity contribution >= 4 is 30.0 Å². The van der Waals surface area contributed by atoms with Crippen molar-refractivity contribution in [3.8, 4) is 0 Å². The highest BCUT2D eigenvalue weighted by atomic mass is 16.6. The number of likely N-dealkylation sites (tertiary alicyclic amines) is 1. The van der Waals surface area contributed by atoms with E-state index < -0.39 is 36.1 Å². The van der Waals surface area contributed by atoms with E-state index in [0.717, 1.165) is 64.2 Å². The molecular weight excluding hydrogens is 608 g/mol. The van der Waals surface area contributed by atoms with Gasteiger partial charge < -0.3 is 23.7 Å². The van der Waals surface area contributed by atoms with E-state index >= 15 is 0 Å². The Hall–Kier alpha value is -2.89. The molecule has 2 atom stereocenters. The summed E-state index contributed by atoms with van der Waals surface area (Å²) in [6, 6.07) is -0.857. The Bertz CT molecular complexity index is 868. The normalized spacial score (nSPS) is 15.8. The number of amides is 1. The minimum absolute atomic E-state index is 0.0355. The summed E-state index contributed by atoms with van der Waals surface area (Å²) in [4.78, 5) is 65.6. The van der Waals surface area contributed by atoms with E-state index in [1.165, 1.54) is 22.6 Å². The van der Waals surface area contributed by atoms with Gasteiger partial charge in [-0.25, -0.2) is 4.79 Å². The highest BCUT2D eigenvalue weighted by Crippen LogP contribution is 2.26. The lowest BCUT2D eigenvalue weighted by molar-refractivity contribution is -0.152. The first-order chi connectivity index (χ1) is 22.7. The number of carbonyl (C=O) groups excluding carboxylic acids is 5. The second kappa shape index (κ2) is 27.1. The van der Waals surface area contributed by atoms with E-state index in [0.29, 0.717) is 19.3 Å². The van der Waals surface area contributed by atoms with Crippen LogP contribution in [-0.2, 0) is 42.9 Å². The summed E-state index contributed by atoms with van der Waals surface area (Å²) in [7, 11) is 0. The molecule has 2 unspecified atom stereocenters. The van der Waals surface area contributed by atoms with Crippen LogP contribution in [-0.4, -0.2) is 105 Å². The number of nitrogens with zero attached hydrogens (tertiary/aromatic N) is 2. The van der Waals surface area contributed by atoms with Crippen molar-refractivity contribution in [2.75, 3.05) is 52.7 Å². The Kier molecular flexibility index (Phi) is 24.3. The van der Waals surface area contributed by atoms with Crippen molar-refractivity contribution in [1.29, 1.82) is 0 Å². The van der Waals surface area contributed by atoms with Crippen molar-refractivity contribution in [1.82, 2.24) is 9.80 Å². The molecule has 1 aliphatic rings. The molecule has 0 aromatic rings. The van der Waals surface area contributed by atoms with Gasteiger partial charge in [-0.15, -0.1) is 0 Å². The Morgan fingerprint density at radius 2 is 0.936 bits per heavy atom. The third-order valence-corrected chi connectivity index (χ3v) is 8.00. The molecule has 47 heavy (non-hydrogen) atoms. The van der Waals surface area contributed by atoms with Crippen molar-refractivity contribution < 1.29 is 47.7 Å². The molecule has 0 radical (unpaired) electrons. The first kappa shape index (κ1) is 42.1. The number of hydrogen-bond donors (Lipinski definition) is 0. The number of hydrogen-bond acceptors (Lipinski definition) is 11. The molecule has 0 bridgehead atoms. The predicted molar refractivity (Wildman–Crippen MR) is 178 cm³/mol. The van der Waals surface area contributed by atoms with Crippen LogP contribution >= 0.6 is 0 Å². The number of esters is 4. The Labute approximate surface area is 282 Å². The highest BCUT2D eigenvalue weighted by molar-refractivity contribution is 5.78. The summed E-state index contributed by atoms with van der Waals surface area (Å²) in [5.74, 6) is -2.07. The molecule has 0 aliphatic carbocycles. The van der Waals surface area contributed by atoms with Crippen molar-refractivity contribution in [2.24, 2.45) is 0 Å². The molecule has 1 saturated heterocycles. The summed E-state index contributed by atoms with van der Waals surface area (Å²) >= 11 is 0. The van der Waals surface area contributed by atoms with Gasteiger partial charge in [0.2, 0.25) is 0 Å². The molecule has 1 rings (SSSR count). The Morgan fingerprint density at radius 3 is 1.38 bits per heavy atom. The SMILES string of the molecule is CCCCCCCCOC(=O)CN(CC(=O)OCCCCCCCC)CC(=O)OCC1CCC(COC(=O)CC)N1C(=O)OCCC. The molecule has 0 saturated carbocycles. The topological polar surface area (TPSA) is 138 Å². The van der Waals surface area contributed by atoms with Gasteiger partial charge in [0.05, 0.1) is 51.5 Å². The molecule has 1 fully saturated rings. The van der Waals surface area contributed by atoms with Crippen LogP contribution < -0.4 is 0 Å². The molecule has 0 N–H and O–H groups in total. The van der Waals surface area contributed by atoms with Crippen molar-refractivity contribution in [3.63, 3.8) is 0 Å². The van der Waals surface area contributed by atoms with Crippen LogP contribution in [0.5, 0.6) is 0 Å². The fourth-order valence-corrected chi connectivity index (χ4v) is 5.32. The smallest absolute Gasteiger partial charge is 0.410 e. The lowest BCUT2D eigenvalue weighted by Gasteiger charge is -2.29. The zero-order valence-electron chi connectivity index (χ0n) is 29.6. The number of unbranched alkanes of at least 4 members (excludes halogenated alkanes) is 10. The third kappa shape index (κ3) is 20.2. The van der Waals surface area contributed by atoms with E-state index in [1.807, 2.05) is 6.92 Å². The summed E-state index contributed by atoms with van der Waals surface area (Å²) in [5, 5.41) is 0. The molecule has 12 nitrogen and oxygen atoms in total. The van der Waals surface area contributed by atoms with E-state index in [4.69, 9.17) is 23.7 Å². The van der Waals surface area contributed by atoms with Gasteiger partial charge >= 0.3 is 30.0 Å². The van der Waals surface area contributed by atoms with Crippen LogP contribution in [0.1, 0.15) is 130 Å². The molecule has 1 aliphatic heterocycles. The van der Waals surface area contributed by atoms with Gasteiger partial charge in [0.1, 0.15) is 13.2 Å². The Balaban J connectivity index is 2.72. The minimum Gasteiger partial charge on any atom is -0.465 e. The van der Waals surface area contributed by atoms with Crippen LogP contribution in [0.2, 0.25) is 0 Å². The fraction of sp³-hybridized carbons (Fsp3) is 0.857. The van der Waals surface area contributed by atoms with Crippen LogP contribution in [0, 0.1) is 0 Å². The summed E-state index contributed by atoms with van der Waals surface area (Å²) in [6.07, 6.45) is 14.1. The van der Waals surface area contributed by atoms with Gasteiger partial charge in [0.25, 0.3) is 0 Å². The molecule has 1 amide bonds. The predicted octanol–water partition coefficient (Wildman–Crippen LogP) is 5.97. The first-order valence-electron chi connectivity index (χ1n) is 18.0. The lowest BCUT2D eigenvalue weighted by Crippen LogP contribution is -2.46. The van der Waals surface area contributed by atoms with Crippen molar-refractivity contribution in [2.45, 2.75) is 143 Å². The lowest BCUT2D eigenvalue weighted by atomic mass is 10.1. The fourth-order valence-electron chi connectivity index (χ4n) is 5.32. The molecule has 12 heteroatoms. The first-order valence-corrected chi connectivity index (χ1v) is 18.0. The number of rotatable bonds is 27. The van der Waals surface area contributed by atoms with Gasteiger partial charge in [-0.2, -0.15) is 0 Å². The standard InChI is InChI=1S/C35H62N2O10/c1-5-9-11-13-15-17-22-43-32(39)24-36(25-33(40)44-23-18-16-14-12-10-6-2)26-34(41)47-28-30-20-19-29(27-46-31(38)8-4)37(30)35(42)45-21-7-3/h29-30H,5-28H2,1-4H3. The highest BCUT2D eigenvalue weighted by Gasteiger charge is 2.39. The summed E-state index contributed by atoms with van der Waals surface area (Å²) < 4.78 is 26.9. The zero-order chi connectivity index (χ0) is 34.7. The molecule has 0 spiro atoms. The monoisotopic (exact) mass is 670 g/mol. The summed E-state index contributed by atoms with van der Waals surface area (Å²) in [6.45, 7) is 7.78. The van der Waals surface area contributed by atoms with Crippen LogP contribution in [0.25, 0.3) is 0 Å². The molecule has 1 heterocycles. The molecule has 0 aromatic carbocycles. The maximum Gasteiger partial charge on any atom is 0.410 e. The van der Waals surface area contributed by atoms with Crippen LogP contribution in [0.15, 0.2) is 0 Å². The summed E-state index contributed by atoms with van der Waals surface area (Å²) in [5.41, 5.74) is 0. The van der Waals surface area contributed by atoms with E-state index in [-0.39, 0.29) is 65.1 Å². The van der Waals surface area contributed by atoms with Crippen LogP contribution in [0.4, 0.5) is 4.79 Å². The maximum atomic E-state index is 13.0. The molecule has 272 valence electrons. The molecular formula is C35H62N2O10. The van der Waals surface area contributed by atoms with Gasteiger partial charge in [-0.05, 0) is 32.1 Å². The van der Waals surface area contributed by atoms with Gasteiger partial charge in [-0.3, -0.25) is 29.0 Å². The van der Waals surface area contributed by atoms with Gasteiger partial charge in [0.15, 0.2) is 0 Å². The van der Waals surface area contributed by atoms with E-state index in [2.05, 4.69) is 13.8 Å². The van der Waals surface area contributed by atoms with Crippen LogP contribution in [0.3, 0.4) is 0 Å². The average Bonchev–Trinajstić information content (AvgIpc) is 3.47.